The highest BCUT2D eigenvalue weighted by Gasteiger charge is 2.41. The quantitative estimate of drug-likeness (QED) is 0.564. The second kappa shape index (κ2) is 9.65. The molecular weight excluding hydrogens is 392 g/mol. The largest absolute Gasteiger partial charge is 0.385 e. The fraction of sp³-hybridized carbons (Fsp3) is 0.708. The minimum atomic E-state index is -0.319. The van der Waals surface area contributed by atoms with Crippen LogP contribution in [-0.4, -0.2) is 57.3 Å². The molecule has 0 radical (unpaired) electrons. The van der Waals surface area contributed by atoms with Crippen LogP contribution in [0.3, 0.4) is 0 Å². The Kier molecular flexibility index (Phi) is 6.92. The molecule has 0 bridgehead atoms. The van der Waals surface area contributed by atoms with Crippen LogP contribution in [0.1, 0.15) is 76.7 Å². The molecule has 1 saturated heterocycles. The van der Waals surface area contributed by atoms with E-state index in [2.05, 4.69) is 41.3 Å². The molecule has 7 heteroatoms. The summed E-state index contributed by atoms with van der Waals surface area (Å²) < 4.78 is 13.4. The minimum Gasteiger partial charge on any atom is -0.385 e. The summed E-state index contributed by atoms with van der Waals surface area (Å²) in [6, 6.07) is 2.35. The van der Waals surface area contributed by atoms with Crippen molar-refractivity contribution in [2.75, 3.05) is 13.7 Å². The SMILES string of the molecule is CCc1nc([C@@H](C)N(C(=O)[C@H]2CCC[C@@H](C)O2)C2CC2)cc2c1ncn2CCCOC. The van der Waals surface area contributed by atoms with Crippen LogP contribution in [0.2, 0.25) is 0 Å². The third kappa shape index (κ3) is 4.77. The second-order valence-corrected chi connectivity index (χ2v) is 9.02. The summed E-state index contributed by atoms with van der Waals surface area (Å²) in [4.78, 5) is 25.2. The fourth-order valence-electron chi connectivity index (χ4n) is 4.70. The van der Waals surface area contributed by atoms with Gasteiger partial charge in [0.15, 0.2) is 0 Å². The van der Waals surface area contributed by atoms with Gasteiger partial charge in [-0.15, -0.1) is 0 Å². The zero-order chi connectivity index (χ0) is 22.0. The van der Waals surface area contributed by atoms with E-state index in [1.807, 2.05) is 6.33 Å². The second-order valence-electron chi connectivity index (χ2n) is 9.02. The van der Waals surface area contributed by atoms with Gasteiger partial charge in [0.25, 0.3) is 5.91 Å². The van der Waals surface area contributed by atoms with Crippen molar-refractivity contribution in [3.8, 4) is 0 Å². The van der Waals surface area contributed by atoms with E-state index >= 15 is 0 Å². The predicted octanol–water partition coefficient (Wildman–Crippen LogP) is 4.04. The summed E-state index contributed by atoms with van der Waals surface area (Å²) >= 11 is 0. The van der Waals surface area contributed by atoms with Crippen molar-refractivity contribution in [1.82, 2.24) is 19.4 Å². The third-order valence-electron chi connectivity index (χ3n) is 6.57. The average molecular weight is 429 g/mol. The first kappa shape index (κ1) is 22.2. The Labute approximate surface area is 185 Å². The first-order valence-corrected chi connectivity index (χ1v) is 11.8. The number of nitrogens with zero attached hydrogens (tertiary/aromatic N) is 4. The van der Waals surface area contributed by atoms with E-state index in [0.29, 0.717) is 6.04 Å². The zero-order valence-corrected chi connectivity index (χ0v) is 19.3. The van der Waals surface area contributed by atoms with Crippen LogP contribution in [0.25, 0.3) is 11.0 Å². The summed E-state index contributed by atoms with van der Waals surface area (Å²) in [7, 11) is 1.73. The highest BCUT2D eigenvalue weighted by Crippen LogP contribution is 2.37. The van der Waals surface area contributed by atoms with E-state index < -0.39 is 0 Å². The Morgan fingerprint density at radius 1 is 1.35 bits per heavy atom. The smallest absolute Gasteiger partial charge is 0.252 e. The van der Waals surface area contributed by atoms with E-state index in [0.717, 1.165) is 80.5 Å². The van der Waals surface area contributed by atoms with Crippen LogP contribution < -0.4 is 0 Å². The molecule has 0 unspecified atom stereocenters. The Balaban J connectivity index is 1.63. The number of hydrogen-bond donors (Lipinski definition) is 0. The molecule has 7 nitrogen and oxygen atoms in total. The Bertz CT molecular complexity index is 908. The van der Waals surface area contributed by atoms with E-state index in [1.54, 1.807) is 7.11 Å². The number of aryl methyl sites for hydroxylation is 2. The van der Waals surface area contributed by atoms with Crippen LogP contribution in [0.4, 0.5) is 0 Å². The molecule has 31 heavy (non-hydrogen) atoms. The molecule has 1 amide bonds. The molecule has 3 atom stereocenters. The van der Waals surface area contributed by atoms with Crippen LogP contribution in [0.15, 0.2) is 12.4 Å². The van der Waals surface area contributed by atoms with Crippen LogP contribution in [-0.2, 0) is 27.2 Å². The molecule has 2 aromatic rings. The monoisotopic (exact) mass is 428 g/mol. The first-order chi connectivity index (χ1) is 15.0. The topological polar surface area (TPSA) is 69.5 Å². The number of rotatable bonds is 9. The van der Waals surface area contributed by atoms with Crippen LogP contribution >= 0.6 is 0 Å². The van der Waals surface area contributed by atoms with Gasteiger partial charge in [-0.05, 0) is 64.9 Å². The maximum Gasteiger partial charge on any atom is 0.252 e. The fourth-order valence-corrected chi connectivity index (χ4v) is 4.70. The Hall–Kier alpha value is -1.99. The minimum absolute atomic E-state index is 0.0853. The lowest BCUT2D eigenvalue weighted by Gasteiger charge is -2.35. The van der Waals surface area contributed by atoms with Crippen molar-refractivity contribution < 1.29 is 14.3 Å². The summed E-state index contributed by atoms with van der Waals surface area (Å²) in [6.45, 7) is 7.86. The van der Waals surface area contributed by atoms with Gasteiger partial charge in [-0.3, -0.25) is 9.78 Å². The number of carbonyl (C=O) groups excluding carboxylic acids is 1. The van der Waals surface area contributed by atoms with E-state index in [4.69, 9.17) is 14.5 Å². The Morgan fingerprint density at radius 2 is 2.16 bits per heavy atom. The summed E-state index contributed by atoms with van der Waals surface area (Å²) in [6.07, 6.45) is 8.51. The van der Waals surface area contributed by atoms with Gasteiger partial charge < -0.3 is 18.9 Å². The molecule has 4 rings (SSSR count). The summed E-state index contributed by atoms with van der Waals surface area (Å²) in [5.74, 6) is 0.134. The Morgan fingerprint density at radius 3 is 2.84 bits per heavy atom. The van der Waals surface area contributed by atoms with Gasteiger partial charge in [0, 0.05) is 26.3 Å². The van der Waals surface area contributed by atoms with E-state index in [-0.39, 0.29) is 24.2 Å². The maximum atomic E-state index is 13.5. The molecule has 1 aliphatic carbocycles. The number of imidazole rings is 1. The van der Waals surface area contributed by atoms with Crippen molar-refractivity contribution in [3.63, 3.8) is 0 Å². The number of hydrogen-bond acceptors (Lipinski definition) is 5. The van der Waals surface area contributed by atoms with Gasteiger partial charge in [-0.25, -0.2) is 4.98 Å². The van der Waals surface area contributed by atoms with Gasteiger partial charge in [0.2, 0.25) is 0 Å². The highest BCUT2D eigenvalue weighted by molar-refractivity contribution is 5.83. The summed E-state index contributed by atoms with van der Waals surface area (Å²) in [5.41, 5.74) is 4.00. The number of pyridine rings is 1. The number of amides is 1. The lowest BCUT2D eigenvalue weighted by molar-refractivity contribution is -0.154. The average Bonchev–Trinajstić information content (AvgIpc) is 3.52. The molecule has 2 aromatic heterocycles. The highest BCUT2D eigenvalue weighted by atomic mass is 16.5. The number of carbonyl (C=O) groups is 1. The number of ether oxygens (including phenoxy) is 2. The molecule has 3 heterocycles. The van der Waals surface area contributed by atoms with Crippen molar-refractivity contribution in [3.05, 3.63) is 23.8 Å². The molecule has 1 saturated carbocycles. The van der Waals surface area contributed by atoms with E-state index in [1.165, 1.54) is 0 Å². The molecule has 1 aliphatic heterocycles. The predicted molar refractivity (Wildman–Crippen MR) is 120 cm³/mol. The van der Waals surface area contributed by atoms with Crippen molar-refractivity contribution in [2.24, 2.45) is 0 Å². The molecule has 0 spiro atoms. The van der Waals surface area contributed by atoms with Gasteiger partial charge in [0.05, 0.1) is 35.4 Å². The van der Waals surface area contributed by atoms with Gasteiger partial charge in [0.1, 0.15) is 11.6 Å². The number of methoxy groups -OCH3 is 1. The van der Waals surface area contributed by atoms with E-state index in [9.17, 15) is 4.79 Å². The third-order valence-corrected chi connectivity index (χ3v) is 6.57. The van der Waals surface area contributed by atoms with Gasteiger partial charge >= 0.3 is 0 Å². The van der Waals surface area contributed by atoms with Crippen molar-refractivity contribution >= 4 is 16.9 Å². The molecule has 170 valence electrons. The van der Waals surface area contributed by atoms with Gasteiger partial charge in [-0.2, -0.15) is 0 Å². The lowest BCUT2D eigenvalue weighted by atomic mass is 10.0. The molecule has 0 N–H and O–H groups in total. The molecule has 2 aliphatic rings. The first-order valence-electron chi connectivity index (χ1n) is 11.8. The molecule has 0 aromatic carbocycles. The summed E-state index contributed by atoms with van der Waals surface area (Å²) in [5, 5.41) is 0. The van der Waals surface area contributed by atoms with Crippen molar-refractivity contribution in [2.45, 2.75) is 96.6 Å². The number of aromatic nitrogens is 3. The van der Waals surface area contributed by atoms with Crippen molar-refractivity contribution in [1.29, 1.82) is 0 Å². The maximum absolute atomic E-state index is 13.5. The lowest BCUT2D eigenvalue weighted by Crippen LogP contribution is -2.45. The standard InChI is InChI=1S/C24H36N4O3/c1-5-19-23-21(27(15-25-23)12-7-13-30-4)14-20(26-19)17(3)28(18-10-11-18)24(29)22-9-6-8-16(2)31-22/h14-18,22H,5-13H2,1-4H3/t16-,17-,22-/m1/s1. The normalized spacial score (nSPS) is 22.6. The van der Waals surface area contributed by atoms with Crippen LogP contribution in [0, 0.1) is 0 Å². The molecule has 2 fully saturated rings. The number of fused-ring (bicyclic) bond motifs is 1. The molecular formula is C24H36N4O3. The zero-order valence-electron chi connectivity index (χ0n) is 19.3. The van der Waals surface area contributed by atoms with Gasteiger partial charge in [-0.1, -0.05) is 6.92 Å². The van der Waals surface area contributed by atoms with Crippen LogP contribution in [0.5, 0.6) is 0 Å².